The summed E-state index contributed by atoms with van der Waals surface area (Å²) in [6.45, 7) is 2.07. The minimum atomic E-state index is 0.185. The van der Waals surface area contributed by atoms with Gasteiger partial charge in [0.1, 0.15) is 0 Å². The Morgan fingerprint density at radius 3 is 2.60 bits per heavy atom. The van der Waals surface area contributed by atoms with Crippen LogP contribution in [0.5, 0.6) is 0 Å². The first-order valence-electron chi connectivity index (χ1n) is 7.80. The number of nitrogens with zero attached hydrogens (tertiary/aromatic N) is 1. The van der Waals surface area contributed by atoms with E-state index in [1.807, 2.05) is 11.9 Å². The van der Waals surface area contributed by atoms with E-state index in [1.165, 1.54) is 11.1 Å². The SMILES string of the molecule is CN(C(=O)C1CCc2ccccc2C1)C1CCNCC1. The molecule has 3 rings (SSSR count). The van der Waals surface area contributed by atoms with Gasteiger partial charge in [0.15, 0.2) is 0 Å². The summed E-state index contributed by atoms with van der Waals surface area (Å²) in [4.78, 5) is 14.7. The van der Waals surface area contributed by atoms with Crippen molar-refractivity contribution < 1.29 is 4.79 Å². The van der Waals surface area contributed by atoms with Gasteiger partial charge in [-0.3, -0.25) is 4.79 Å². The van der Waals surface area contributed by atoms with E-state index in [4.69, 9.17) is 0 Å². The standard InChI is InChI=1S/C17H24N2O/c1-19(16-8-10-18-11-9-16)17(20)15-7-6-13-4-2-3-5-14(13)12-15/h2-5,15-16,18H,6-12H2,1H3. The van der Waals surface area contributed by atoms with Crippen LogP contribution in [0, 0.1) is 5.92 Å². The maximum absolute atomic E-state index is 12.7. The average molecular weight is 272 g/mol. The van der Waals surface area contributed by atoms with Crippen molar-refractivity contribution in [3.8, 4) is 0 Å². The molecule has 108 valence electrons. The van der Waals surface area contributed by atoms with Crippen molar-refractivity contribution in [1.29, 1.82) is 0 Å². The van der Waals surface area contributed by atoms with E-state index in [9.17, 15) is 4.79 Å². The van der Waals surface area contributed by atoms with Crippen LogP contribution in [0.25, 0.3) is 0 Å². The molecule has 1 aliphatic heterocycles. The minimum Gasteiger partial charge on any atom is -0.342 e. The Labute approximate surface area is 121 Å². The first-order valence-corrected chi connectivity index (χ1v) is 7.80. The molecule has 20 heavy (non-hydrogen) atoms. The highest BCUT2D eigenvalue weighted by Crippen LogP contribution is 2.27. The number of fused-ring (bicyclic) bond motifs is 1. The van der Waals surface area contributed by atoms with Crippen molar-refractivity contribution in [3.63, 3.8) is 0 Å². The van der Waals surface area contributed by atoms with E-state index in [-0.39, 0.29) is 5.92 Å². The lowest BCUT2D eigenvalue weighted by atomic mass is 9.83. The second-order valence-corrected chi connectivity index (χ2v) is 6.14. The maximum atomic E-state index is 12.7. The predicted octanol–water partition coefficient (Wildman–Crippen LogP) is 2.00. The molecular weight excluding hydrogens is 248 g/mol. The molecule has 0 saturated carbocycles. The van der Waals surface area contributed by atoms with Crippen LogP contribution in [-0.4, -0.2) is 37.0 Å². The lowest BCUT2D eigenvalue weighted by Crippen LogP contribution is -2.46. The van der Waals surface area contributed by atoms with Crippen molar-refractivity contribution in [2.45, 2.75) is 38.1 Å². The summed E-state index contributed by atoms with van der Waals surface area (Å²) in [5, 5.41) is 3.36. The van der Waals surface area contributed by atoms with Crippen LogP contribution in [0.1, 0.15) is 30.4 Å². The highest BCUT2D eigenvalue weighted by molar-refractivity contribution is 5.79. The predicted molar refractivity (Wildman–Crippen MR) is 80.6 cm³/mol. The third kappa shape index (κ3) is 2.73. The van der Waals surface area contributed by atoms with Gasteiger partial charge in [0.2, 0.25) is 5.91 Å². The first kappa shape index (κ1) is 13.6. The number of rotatable bonds is 2. The molecule has 1 fully saturated rings. The van der Waals surface area contributed by atoms with Gasteiger partial charge >= 0.3 is 0 Å². The molecular formula is C17H24N2O. The van der Waals surface area contributed by atoms with Crippen molar-refractivity contribution >= 4 is 5.91 Å². The first-order chi connectivity index (χ1) is 9.75. The molecule has 0 radical (unpaired) electrons. The molecule has 1 saturated heterocycles. The van der Waals surface area contributed by atoms with E-state index < -0.39 is 0 Å². The summed E-state index contributed by atoms with van der Waals surface area (Å²) in [5.74, 6) is 0.538. The molecule has 1 amide bonds. The fourth-order valence-corrected chi connectivity index (χ4v) is 3.57. The molecule has 1 atom stereocenters. The van der Waals surface area contributed by atoms with Crippen LogP contribution in [0.2, 0.25) is 0 Å². The molecule has 0 spiro atoms. The fourth-order valence-electron chi connectivity index (χ4n) is 3.57. The number of aryl methyl sites for hydroxylation is 1. The maximum Gasteiger partial charge on any atom is 0.226 e. The molecule has 1 heterocycles. The van der Waals surface area contributed by atoms with Crippen molar-refractivity contribution in [3.05, 3.63) is 35.4 Å². The topological polar surface area (TPSA) is 32.3 Å². The summed E-state index contributed by atoms with van der Waals surface area (Å²) in [6.07, 6.45) is 5.15. The van der Waals surface area contributed by atoms with Gasteiger partial charge in [-0.05, 0) is 56.3 Å². The number of carbonyl (C=O) groups is 1. The summed E-state index contributed by atoms with van der Waals surface area (Å²) in [6, 6.07) is 9.00. The van der Waals surface area contributed by atoms with Crippen LogP contribution in [-0.2, 0) is 17.6 Å². The zero-order valence-electron chi connectivity index (χ0n) is 12.3. The number of hydrogen-bond donors (Lipinski definition) is 1. The molecule has 3 heteroatoms. The van der Waals surface area contributed by atoms with Gasteiger partial charge in [0, 0.05) is 19.0 Å². The lowest BCUT2D eigenvalue weighted by molar-refractivity contribution is -0.137. The molecule has 3 nitrogen and oxygen atoms in total. The van der Waals surface area contributed by atoms with Crippen LogP contribution in [0.15, 0.2) is 24.3 Å². The van der Waals surface area contributed by atoms with E-state index in [1.54, 1.807) is 0 Å². The van der Waals surface area contributed by atoms with E-state index in [0.717, 1.165) is 45.2 Å². The van der Waals surface area contributed by atoms with Gasteiger partial charge in [-0.25, -0.2) is 0 Å². The second kappa shape index (κ2) is 5.96. The van der Waals surface area contributed by atoms with E-state index >= 15 is 0 Å². The van der Waals surface area contributed by atoms with Crippen LogP contribution >= 0.6 is 0 Å². The Morgan fingerprint density at radius 2 is 1.85 bits per heavy atom. The molecule has 2 aliphatic rings. The number of amides is 1. The van der Waals surface area contributed by atoms with Crippen molar-refractivity contribution in [1.82, 2.24) is 10.2 Å². The van der Waals surface area contributed by atoms with Crippen LogP contribution in [0.3, 0.4) is 0 Å². The quantitative estimate of drug-likeness (QED) is 0.893. The largest absolute Gasteiger partial charge is 0.342 e. The Hall–Kier alpha value is -1.35. The monoisotopic (exact) mass is 272 g/mol. The number of nitrogens with one attached hydrogen (secondary N) is 1. The molecule has 1 N–H and O–H groups in total. The zero-order valence-corrected chi connectivity index (χ0v) is 12.3. The molecule has 1 aromatic carbocycles. The highest BCUT2D eigenvalue weighted by Gasteiger charge is 2.30. The number of benzene rings is 1. The highest BCUT2D eigenvalue weighted by atomic mass is 16.2. The van der Waals surface area contributed by atoms with Crippen LogP contribution < -0.4 is 5.32 Å². The Balaban J connectivity index is 1.66. The van der Waals surface area contributed by atoms with Crippen molar-refractivity contribution in [2.75, 3.05) is 20.1 Å². The zero-order chi connectivity index (χ0) is 13.9. The van der Waals surface area contributed by atoms with Crippen molar-refractivity contribution in [2.24, 2.45) is 5.92 Å². The second-order valence-electron chi connectivity index (χ2n) is 6.14. The third-order valence-corrected chi connectivity index (χ3v) is 4.90. The molecule has 0 aromatic heterocycles. The Kier molecular flexibility index (Phi) is 4.06. The van der Waals surface area contributed by atoms with Gasteiger partial charge in [0.05, 0.1) is 0 Å². The average Bonchev–Trinajstić information content (AvgIpc) is 2.54. The lowest BCUT2D eigenvalue weighted by Gasteiger charge is -2.35. The van der Waals surface area contributed by atoms with Gasteiger partial charge in [-0.2, -0.15) is 0 Å². The summed E-state index contributed by atoms with van der Waals surface area (Å²) in [5.41, 5.74) is 2.80. The number of piperidine rings is 1. The normalized spacial score (nSPS) is 23.1. The number of carbonyl (C=O) groups excluding carboxylic acids is 1. The molecule has 1 aromatic rings. The molecule has 1 unspecified atom stereocenters. The summed E-state index contributed by atoms with van der Waals surface area (Å²) in [7, 11) is 2.00. The summed E-state index contributed by atoms with van der Waals surface area (Å²) >= 11 is 0. The van der Waals surface area contributed by atoms with E-state index in [2.05, 4.69) is 29.6 Å². The Morgan fingerprint density at radius 1 is 1.15 bits per heavy atom. The fraction of sp³-hybridized carbons (Fsp3) is 0.588. The summed E-state index contributed by atoms with van der Waals surface area (Å²) < 4.78 is 0. The van der Waals surface area contributed by atoms with Crippen LogP contribution in [0.4, 0.5) is 0 Å². The minimum absolute atomic E-state index is 0.185. The van der Waals surface area contributed by atoms with Gasteiger partial charge in [-0.1, -0.05) is 24.3 Å². The number of hydrogen-bond acceptors (Lipinski definition) is 2. The smallest absolute Gasteiger partial charge is 0.226 e. The van der Waals surface area contributed by atoms with Gasteiger partial charge in [-0.15, -0.1) is 0 Å². The van der Waals surface area contributed by atoms with E-state index in [0.29, 0.717) is 11.9 Å². The third-order valence-electron chi connectivity index (χ3n) is 4.90. The molecule has 0 bridgehead atoms. The van der Waals surface area contributed by atoms with Gasteiger partial charge < -0.3 is 10.2 Å². The Bertz CT molecular complexity index is 480. The molecule has 1 aliphatic carbocycles. The van der Waals surface area contributed by atoms with Gasteiger partial charge in [0.25, 0.3) is 0 Å².